The van der Waals surface area contributed by atoms with Crippen LogP contribution in [0.15, 0.2) is 5.38 Å². The zero-order valence-electron chi connectivity index (χ0n) is 8.66. The Bertz CT molecular complexity index is 310. The predicted octanol–water partition coefficient (Wildman–Crippen LogP) is 4.12. The van der Waals surface area contributed by atoms with Crippen LogP contribution in [0.3, 0.4) is 0 Å². The highest BCUT2D eigenvalue weighted by Gasteiger charge is 2.28. The Morgan fingerprint density at radius 2 is 2.29 bits per heavy atom. The Hall–Kier alpha value is 0.110. The van der Waals surface area contributed by atoms with Gasteiger partial charge in [0.2, 0.25) is 0 Å². The SMILES string of the molecule is Cc1nc(C2CC(Br)CCC2C)cs1. The van der Waals surface area contributed by atoms with Crippen LogP contribution in [0.5, 0.6) is 0 Å². The van der Waals surface area contributed by atoms with Gasteiger partial charge in [-0.2, -0.15) is 0 Å². The van der Waals surface area contributed by atoms with Gasteiger partial charge in [-0.25, -0.2) is 4.98 Å². The standard InChI is InChI=1S/C11H16BrNS/c1-7-3-4-9(12)5-10(7)11-6-14-8(2)13-11/h6-7,9-10H,3-5H2,1-2H3. The van der Waals surface area contributed by atoms with Crippen LogP contribution in [-0.2, 0) is 0 Å². The molecule has 3 heteroatoms. The van der Waals surface area contributed by atoms with Crippen molar-refractivity contribution in [1.29, 1.82) is 0 Å². The van der Waals surface area contributed by atoms with E-state index in [0.717, 1.165) is 5.92 Å². The van der Waals surface area contributed by atoms with Gasteiger partial charge in [0.25, 0.3) is 0 Å². The van der Waals surface area contributed by atoms with E-state index in [1.165, 1.54) is 30.0 Å². The average molecular weight is 274 g/mol. The molecule has 2 rings (SSSR count). The number of rotatable bonds is 1. The Morgan fingerprint density at radius 3 is 2.93 bits per heavy atom. The van der Waals surface area contributed by atoms with E-state index in [1.807, 2.05) is 0 Å². The number of hydrogen-bond acceptors (Lipinski definition) is 2. The van der Waals surface area contributed by atoms with Crippen molar-refractivity contribution in [1.82, 2.24) is 4.98 Å². The Balaban J connectivity index is 2.15. The summed E-state index contributed by atoms with van der Waals surface area (Å²) < 4.78 is 0. The molecule has 78 valence electrons. The summed E-state index contributed by atoms with van der Waals surface area (Å²) in [4.78, 5) is 5.32. The van der Waals surface area contributed by atoms with Crippen molar-refractivity contribution in [3.8, 4) is 0 Å². The summed E-state index contributed by atoms with van der Waals surface area (Å²) in [5, 5.41) is 3.44. The first kappa shape index (κ1) is 10.6. The summed E-state index contributed by atoms with van der Waals surface area (Å²) in [7, 11) is 0. The van der Waals surface area contributed by atoms with Crippen molar-refractivity contribution in [2.24, 2.45) is 5.92 Å². The third-order valence-corrected chi connectivity index (χ3v) is 4.77. The van der Waals surface area contributed by atoms with E-state index in [-0.39, 0.29) is 0 Å². The molecular formula is C11H16BrNS. The van der Waals surface area contributed by atoms with Gasteiger partial charge >= 0.3 is 0 Å². The van der Waals surface area contributed by atoms with Gasteiger partial charge in [-0.1, -0.05) is 22.9 Å². The topological polar surface area (TPSA) is 12.9 Å². The van der Waals surface area contributed by atoms with Crippen LogP contribution < -0.4 is 0 Å². The fourth-order valence-corrected chi connectivity index (χ4v) is 3.58. The number of thiazole rings is 1. The monoisotopic (exact) mass is 273 g/mol. The molecule has 0 N–H and O–H groups in total. The lowest BCUT2D eigenvalue weighted by Crippen LogP contribution is -2.21. The Morgan fingerprint density at radius 1 is 1.50 bits per heavy atom. The first-order valence-electron chi connectivity index (χ1n) is 5.23. The molecular weight excluding hydrogens is 258 g/mol. The predicted molar refractivity (Wildman–Crippen MR) is 65.3 cm³/mol. The van der Waals surface area contributed by atoms with E-state index in [2.05, 4.69) is 40.1 Å². The lowest BCUT2D eigenvalue weighted by atomic mass is 9.79. The molecule has 0 aromatic carbocycles. The maximum atomic E-state index is 4.62. The molecule has 1 aromatic heterocycles. The number of hydrogen-bond donors (Lipinski definition) is 0. The van der Waals surface area contributed by atoms with Gasteiger partial charge in [0.15, 0.2) is 0 Å². The molecule has 1 nitrogen and oxygen atoms in total. The molecule has 1 fully saturated rings. The third kappa shape index (κ3) is 2.19. The molecule has 0 radical (unpaired) electrons. The second-order valence-electron chi connectivity index (χ2n) is 4.29. The van der Waals surface area contributed by atoms with E-state index < -0.39 is 0 Å². The van der Waals surface area contributed by atoms with Crippen LogP contribution in [0.1, 0.15) is 42.8 Å². The van der Waals surface area contributed by atoms with Crippen molar-refractivity contribution in [2.45, 2.75) is 43.9 Å². The summed E-state index contributed by atoms with van der Waals surface area (Å²) in [6.45, 7) is 4.45. The van der Waals surface area contributed by atoms with Crippen LogP contribution in [0.4, 0.5) is 0 Å². The molecule has 0 saturated heterocycles. The number of nitrogens with zero attached hydrogens (tertiary/aromatic N) is 1. The minimum absolute atomic E-state index is 0.679. The van der Waals surface area contributed by atoms with Crippen LogP contribution in [-0.4, -0.2) is 9.81 Å². The molecule has 0 bridgehead atoms. The second-order valence-corrected chi connectivity index (χ2v) is 6.64. The van der Waals surface area contributed by atoms with E-state index in [0.29, 0.717) is 10.7 Å². The lowest BCUT2D eigenvalue weighted by molar-refractivity contribution is 0.336. The maximum Gasteiger partial charge on any atom is 0.0897 e. The number of aryl methyl sites for hydroxylation is 1. The minimum Gasteiger partial charge on any atom is -0.246 e. The third-order valence-electron chi connectivity index (χ3n) is 3.15. The summed E-state index contributed by atoms with van der Waals surface area (Å²) in [6, 6.07) is 0. The zero-order chi connectivity index (χ0) is 10.1. The fourth-order valence-electron chi connectivity index (χ4n) is 2.23. The van der Waals surface area contributed by atoms with E-state index >= 15 is 0 Å². The van der Waals surface area contributed by atoms with Gasteiger partial charge in [-0.15, -0.1) is 11.3 Å². The molecule has 0 amide bonds. The first-order valence-corrected chi connectivity index (χ1v) is 7.02. The van der Waals surface area contributed by atoms with Crippen molar-refractivity contribution < 1.29 is 0 Å². The molecule has 1 aliphatic rings. The maximum absolute atomic E-state index is 4.62. The van der Waals surface area contributed by atoms with Crippen LogP contribution in [0.2, 0.25) is 0 Å². The lowest BCUT2D eigenvalue weighted by Gasteiger charge is -2.30. The zero-order valence-corrected chi connectivity index (χ0v) is 11.1. The highest BCUT2D eigenvalue weighted by molar-refractivity contribution is 9.09. The van der Waals surface area contributed by atoms with Crippen molar-refractivity contribution >= 4 is 27.3 Å². The van der Waals surface area contributed by atoms with Crippen LogP contribution in [0, 0.1) is 12.8 Å². The molecule has 3 unspecified atom stereocenters. The van der Waals surface area contributed by atoms with Gasteiger partial charge in [0.1, 0.15) is 0 Å². The van der Waals surface area contributed by atoms with Crippen LogP contribution >= 0.6 is 27.3 Å². The van der Waals surface area contributed by atoms with Gasteiger partial charge in [-0.3, -0.25) is 0 Å². The second kappa shape index (κ2) is 4.31. The van der Waals surface area contributed by atoms with Gasteiger partial charge in [0.05, 0.1) is 10.7 Å². The van der Waals surface area contributed by atoms with Crippen molar-refractivity contribution in [3.05, 3.63) is 16.1 Å². The molecule has 0 spiro atoms. The van der Waals surface area contributed by atoms with E-state index in [1.54, 1.807) is 11.3 Å². The summed E-state index contributed by atoms with van der Waals surface area (Å²) in [5.74, 6) is 1.48. The molecule has 0 aliphatic heterocycles. The number of halogens is 1. The quantitative estimate of drug-likeness (QED) is 0.702. The number of alkyl halides is 1. The molecule has 3 atom stereocenters. The highest BCUT2D eigenvalue weighted by Crippen LogP contribution is 2.40. The summed E-state index contributed by atoms with van der Waals surface area (Å²) in [6.07, 6.45) is 3.91. The van der Waals surface area contributed by atoms with Crippen molar-refractivity contribution in [2.75, 3.05) is 0 Å². The largest absolute Gasteiger partial charge is 0.246 e. The minimum atomic E-state index is 0.679. The molecule has 14 heavy (non-hydrogen) atoms. The normalized spacial score (nSPS) is 33.2. The molecule has 1 heterocycles. The number of aromatic nitrogens is 1. The van der Waals surface area contributed by atoms with Crippen LogP contribution in [0.25, 0.3) is 0 Å². The molecule has 1 aliphatic carbocycles. The smallest absolute Gasteiger partial charge is 0.0897 e. The van der Waals surface area contributed by atoms with Gasteiger partial charge in [0, 0.05) is 16.1 Å². The highest BCUT2D eigenvalue weighted by atomic mass is 79.9. The van der Waals surface area contributed by atoms with E-state index in [9.17, 15) is 0 Å². The summed E-state index contributed by atoms with van der Waals surface area (Å²) >= 11 is 5.51. The van der Waals surface area contributed by atoms with Gasteiger partial charge in [-0.05, 0) is 32.1 Å². The average Bonchev–Trinajstić information content (AvgIpc) is 2.56. The summed E-state index contributed by atoms with van der Waals surface area (Å²) in [5.41, 5.74) is 1.32. The van der Waals surface area contributed by atoms with E-state index in [4.69, 9.17) is 0 Å². The van der Waals surface area contributed by atoms with Crippen molar-refractivity contribution in [3.63, 3.8) is 0 Å². The Labute approximate surface area is 98.1 Å². The first-order chi connectivity index (χ1) is 6.66. The molecule has 1 saturated carbocycles. The van der Waals surface area contributed by atoms with Gasteiger partial charge < -0.3 is 0 Å². The fraction of sp³-hybridized carbons (Fsp3) is 0.727. The molecule has 1 aromatic rings. The Kier molecular flexibility index (Phi) is 3.27.